The lowest BCUT2D eigenvalue weighted by atomic mass is 10.2. The van der Waals surface area contributed by atoms with Gasteiger partial charge in [0.25, 0.3) is 11.6 Å². The van der Waals surface area contributed by atoms with E-state index in [1.807, 2.05) is 0 Å². The Balaban J connectivity index is 1.52. The number of amides is 2. The molecule has 0 radical (unpaired) electrons. The number of halogens is 1. The largest absolute Gasteiger partial charge is 0.325 e. The second kappa shape index (κ2) is 9.66. The lowest BCUT2D eigenvalue weighted by molar-refractivity contribution is -0.384. The van der Waals surface area contributed by atoms with Gasteiger partial charge in [-0.15, -0.1) is 11.8 Å². The number of benzene rings is 3. The molecule has 3 aromatic rings. The van der Waals surface area contributed by atoms with Crippen molar-refractivity contribution in [3.8, 4) is 0 Å². The Hall–Kier alpha value is -3.72. The van der Waals surface area contributed by atoms with Gasteiger partial charge >= 0.3 is 0 Å². The summed E-state index contributed by atoms with van der Waals surface area (Å²) in [4.78, 5) is 35.3. The summed E-state index contributed by atoms with van der Waals surface area (Å²) in [7, 11) is 0. The van der Waals surface area contributed by atoms with Gasteiger partial charge in [0.2, 0.25) is 5.91 Å². The predicted octanol–water partition coefficient (Wildman–Crippen LogP) is 4.72. The summed E-state index contributed by atoms with van der Waals surface area (Å²) in [6.07, 6.45) is 0. The molecule has 30 heavy (non-hydrogen) atoms. The van der Waals surface area contributed by atoms with Crippen LogP contribution >= 0.6 is 11.8 Å². The quantitative estimate of drug-likeness (QED) is 0.324. The van der Waals surface area contributed by atoms with E-state index in [9.17, 15) is 24.1 Å². The number of thioether (sulfide) groups is 1. The predicted molar refractivity (Wildman–Crippen MR) is 113 cm³/mol. The summed E-state index contributed by atoms with van der Waals surface area (Å²) in [6.45, 7) is 0. The van der Waals surface area contributed by atoms with Crippen molar-refractivity contribution in [3.05, 3.63) is 94.3 Å². The summed E-state index contributed by atoms with van der Waals surface area (Å²) < 4.78 is 12.9. The van der Waals surface area contributed by atoms with E-state index in [4.69, 9.17) is 0 Å². The van der Waals surface area contributed by atoms with Gasteiger partial charge in [0.1, 0.15) is 5.82 Å². The molecule has 0 fully saturated rings. The van der Waals surface area contributed by atoms with Crippen LogP contribution in [-0.4, -0.2) is 22.5 Å². The summed E-state index contributed by atoms with van der Waals surface area (Å²) >= 11 is 1.31. The number of nitrogens with zero attached hydrogens (tertiary/aromatic N) is 1. The zero-order chi connectivity index (χ0) is 21.5. The van der Waals surface area contributed by atoms with Crippen molar-refractivity contribution in [2.24, 2.45) is 0 Å². The van der Waals surface area contributed by atoms with E-state index in [1.54, 1.807) is 24.3 Å². The fraction of sp³-hybridized carbons (Fsp3) is 0.0476. The highest BCUT2D eigenvalue weighted by molar-refractivity contribution is 8.00. The minimum absolute atomic E-state index is 0.159. The van der Waals surface area contributed by atoms with Crippen molar-refractivity contribution < 1.29 is 18.9 Å². The molecule has 0 aromatic heterocycles. The molecule has 0 bridgehead atoms. The second-order valence-electron chi connectivity index (χ2n) is 6.13. The molecule has 9 heteroatoms. The van der Waals surface area contributed by atoms with Crippen LogP contribution in [-0.2, 0) is 4.79 Å². The van der Waals surface area contributed by atoms with Gasteiger partial charge in [0.05, 0.1) is 10.7 Å². The topological polar surface area (TPSA) is 101 Å². The van der Waals surface area contributed by atoms with E-state index in [2.05, 4.69) is 10.6 Å². The molecule has 2 N–H and O–H groups in total. The molecule has 3 aromatic carbocycles. The average molecular weight is 425 g/mol. The average Bonchev–Trinajstić information content (AvgIpc) is 2.75. The fourth-order valence-corrected chi connectivity index (χ4v) is 3.18. The van der Waals surface area contributed by atoms with Gasteiger partial charge in [-0.1, -0.05) is 6.07 Å². The third kappa shape index (κ3) is 5.89. The van der Waals surface area contributed by atoms with Gasteiger partial charge in [-0.2, -0.15) is 0 Å². The molecule has 0 aliphatic rings. The Morgan fingerprint density at radius 3 is 2.23 bits per heavy atom. The van der Waals surface area contributed by atoms with E-state index in [-0.39, 0.29) is 28.7 Å². The first-order valence-corrected chi connectivity index (χ1v) is 9.73. The molecule has 0 saturated carbocycles. The van der Waals surface area contributed by atoms with E-state index in [0.29, 0.717) is 11.4 Å². The molecule has 0 aliphatic heterocycles. The maximum absolute atomic E-state index is 12.9. The first-order chi connectivity index (χ1) is 14.4. The number of anilines is 2. The number of hydrogen-bond donors (Lipinski definition) is 2. The van der Waals surface area contributed by atoms with Crippen LogP contribution in [0.15, 0.2) is 77.7 Å². The fourth-order valence-electron chi connectivity index (χ4n) is 2.48. The summed E-state index contributed by atoms with van der Waals surface area (Å²) in [5.74, 6) is -0.899. The molecule has 3 rings (SSSR count). The summed E-state index contributed by atoms with van der Waals surface area (Å²) in [5.41, 5.74) is 1.06. The Kier molecular flexibility index (Phi) is 6.76. The minimum Gasteiger partial charge on any atom is -0.325 e. The first kappa shape index (κ1) is 21.0. The molecular formula is C21H16FN3O4S. The van der Waals surface area contributed by atoms with Crippen molar-refractivity contribution >= 4 is 40.6 Å². The van der Waals surface area contributed by atoms with Crippen molar-refractivity contribution in [2.75, 3.05) is 16.4 Å². The van der Waals surface area contributed by atoms with Gasteiger partial charge in [-0.05, 0) is 54.6 Å². The van der Waals surface area contributed by atoms with Crippen molar-refractivity contribution in [1.82, 2.24) is 0 Å². The number of nitrogens with one attached hydrogen (secondary N) is 2. The number of nitro groups is 1. The van der Waals surface area contributed by atoms with Crippen LogP contribution in [0.5, 0.6) is 0 Å². The van der Waals surface area contributed by atoms with Crippen LogP contribution in [0.25, 0.3) is 0 Å². The van der Waals surface area contributed by atoms with E-state index >= 15 is 0 Å². The summed E-state index contributed by atoms with van der Waals surface area (Å²) in [6, 6.07) is 17.8. The standard InChI is InChI=1S/C21H16FN3O4S/c22-15-4-6-16(7-5-15)23-20(26)13-30-19-10-8-17(9-11-19)24-21(27)14-2-1-3-18(12-14)25(28)29/h1-12H,13H2,(H,23,26)(H,24,27). The number of nitro benzene ring substituents is 1. The van der Waals surface area contributed by atoms with Crippen LogP contribution in [0.4, 0.5) is 21.5 Å². The molecule has 152 valence electrons. The Bertz CT molecular complexity index is 1070. The Labute approximate surface area is 175 Å². The van der Waals surface area contributed by atoms with Crippen LogP contribution in [0.2, 0.25) is 0 Å². The number of hydrogen-bond acceptors (Lipinski definition) is 5. The van der Waals surface area contributed by atoms with Crippen molar-refractivity contribution in [1.29, 1.82) is 0 Å². The maximum Gasteiger partial charge on any atom is 0.270 e. The highest BCUT2D eigenvalue weighted by atomic mass is 32.2. The SMILES string of the molecule is O=C(CSc1ccc(NC(=O)c2cccc([N+](=O)[O-])c2)cc1)Nc1ccc(F)cc1. The zero-order valence-corrected chi connectivity index (χ0v) is 16.3. The van der Waals surface area contributed by atoms with Crippen molar-refractivity contribution in [3.63, 3.8) is 0 Å². The Morgan fingerprint density at radius 1 is 0.933 bits per heavy atom. The minimum atomic E-state index is -0.560. The molecule has 0 spiro atoms. The third-order valence-electron chi connectivity index (χ3n) is 3.93. The molecule has 0 aliphatic carbocycles. The molecule has 0 unspecified atom stereocenters. The van der Waals surface area contributed by atoms with Crippen LogP contribution < -0.4 is 10.6 Å². The van der Waals surface area contributed by atoms with Crippen LogP contribution in [0.1, 0.15) is 10.4 Å². The van der Waals surface area contributed by atoms with Crippen LogP contribution in [0, 0.1) is 15.9 Å². The van der Waals surface area contributed by atoms with E-state index in [1.165, 1.54) is 60.3 Å². The first-order valence-electron chi connectivity index (χ1n) is 8.75. The number of rotatable bonds is 7. The maximum atomic E-state index is 12.9. The van der Waals surface area contributed by atoms with E-state index < -0.39 is 10.8 Å². The number of carbonyl (C=O) groups excluding carboxylic acids is 2. The van der Waals surface area contributed by atoms with Gasteiger partial charge < -0.3 is 10.6 Å². The molecule has 7 nitrogen and oxygen atoms in total. The second-order valence-corrected chi connectivity index (χ2v) is 7.18. The monoisotopic (exact) mass is 425 g/mol. The summed E-state index contributed by atoms with van der Waals surface area (Å²) in [5, 5.41) is 16.2. The third-order valence-corrected chi connectivity index (χ3v) is 4.94. The molecule has 0 atom stereocenters. The highest BCUT2D eigenvalue weighted by Crippen LogP contribution is 2.22. The smallest absolute Gasteiger partial charge is 0.270 e. The lowest BCUT2D eigenvalue weighted by Crippen LogP contribution is -2.14. The van der Waals surface area contributed by atoms with Gasteiger partial charge in [0, 0.05) is 34.0 Å². The molecule has 2 amide bonds. The van der Waals surface area contributed by atoms with Gasteiger partial charge in [-0.3, -0.25) is 19.7 Å². The zero-order valence-electron chi connectivity index (χ0n) is 15.5. The normalized spacial score (nSPS) is 10.3. The number of carbonyl (C=O) groups is 2. The highest BCUT2D eigenvalue weighted by Gasteiger charge is 2.12. The molecule has 0 saturated heterocycles. The lowest BCUT2D eigenvalue weighted by Gasteiger charge is -2.07. The molecular weight excluding hydrogens is 409 g/mol. The van der Waals surface area contributed by atoms with E-state index in [0.717, 1.165) is 4.90 Å². The molecule has 0 heterocycles. The van der Waals surface area contributed by atoms with Crippen molar-refractivity contribution in [2.45, 2.75) is 4.90 Å². The van der Waals surface area contributed by atoms with Gasteiger partial charge in [0.15, 0.2) is 0 Å². The van der Waals surface area contributed by atoms with Crippen LogP contribution in [0.3, 0.4) is 0 Å². The Morgan fingerprint density at radius 2 is 1.57 bits per heavy atom. The number of non-ortho nitro benzene ring substituents is 1. The van der Waals surface area contributed by atoms with Gasteiger partial charge in [-0.25, -0.2) is 4.39 Å².